The number of aromatic carboxylic acids is 1. The van der Waals surface area contributed by atoms with E-state index < -0.39 is 38.9 Å². The maximum Gasteiger partial charge on any atom is 0.338 e. The van der Waals surface area contributed by atoms with Crippen molar-refractivity contribution in [3.63, 3.8) is 0 Å². The summed E-state index contributed by atoms with van der Waals surface area (Å²) in [5, 5.41) is 17.3. The van der Waals surface area contributed by atoms with Crippen LogP contribution in [-0.2, 0) is 10.0 Å². The molecule has 1 rings (SSSR count). The zero-order valence-electron chi connectivity index (χ0n) is 8.85. The molecule has 6 nitrogen and oxygen atoms in total. The van der Waals surface area contributed by atoms with E-state index in [4.69, 9.17) is 10.2 Å². The molecule has 9 heteroatoms. The molecule has 0 atom stereocenters. The number of carboxylic acid groups (broad SMARTS) is 1. The second-order valence-electron chi connectivity index (χ2n) is 3.19. The summed E-state index contributed by atoms with van der Waals surface area (Å²) in [5.41, 5.74) is -0.756. The van der Waals surface area contributed by atoms with Crippen LogP contribution in [0.25, 0.3) is 0 Å². The van der Waals surface area contributed by atoms with E-state index in [1.54, 1.807) is 0 Å². The van der Waals surface area contributed by atoms with Crippen molar-refractivity contribution in [3.8, 4) is 0 Å². The quantitative estimate of drug-likeness (QED) is 0.725. The third-order valence-corrected chi connectivity index (χ3v) is 3.85. The minimum absolute atomic E-state index is 0.116. The molecule has 0 aliphatic rings. The molecule has 3 N–H and O–H groups in total. The van der Waals surface area contributed by atoms with Crippen LogP contribution >= 0.6 is 15.9 Å². The highest BCUT2D eigenvalue weighted by atomic mass is 79.9. The summed E-state index contributed by atoms with van der Waals surface area (Å²) in [4.78, 5) is 9.96. The van der Waals surface area contributed by atoms with Crippen LogP contribution in [0.5, 0.6) is 0 Å². The van der Waals surface area contributed by atoms with E-state index >= 15 is 0 Å². The maximum absolute atomic E-state index is 13.7. The molecule has 1 aromatic rings. The number of benzene rings is 1. The van der Waals surface area contributed by atoms with E-state index in [0.29, 0.717) is 0 Å². The highest BCUT2D eigenvalue weighted by molar-refractivity contribution is 9.10. The fourth-order valence-corrected chi connectivity index (χ4v) is 2.93. The number of hydrogen-bond donors (Lipinski definition) is 3. The molecule has 0 aliphatic carbocycles. The van der Waals surface area contributed by atoms with E-state index in [-0.39, 0.29) is 11.0 Å². The monoisotopic (exact) mass is 341 g/mol. The lowest BCUT2D eigenvalue weighted by Crippen LogP contribution is -2.28. The lowest BCUT2D eigenvalue weighted by atomic mass is 10.2. The van der Waals surface area contributed by atoms with Gasteiger partial charge in [0.25, 0.3) is 0 Å². The molecule has 1 aromatic carbocycles. The van der Waals surface area contributed by atoms with Gasteiger partial charge in [0.15, 0.2) is 5.82 Å². The van der Waals surface area contributed by atoms with Gasteiger partial charge >= 0.3 is 5.97 Å². The van der Waals surface area contributed by atoms with Gasteiger partial charge in [-0.15, -0.1) is 0 Å². The van der Waals surface area contributed by atoms with Crippen LogP contribution in [0.3, 0.4) is 0 Å². The Kier molecular flexibility index (Phi) is 4.79. The highest BCUT2D eigenvalue weighted by Gasteiger charge is 2.24. The summed E-state index contributed by atoms with van der Waals surface area (Å²) in [7, 11) is -4.21. The predicted octanol–water partition coefficient (Wildman–Crippen LogP) is 0.557. The number of aliphatic hydroxyl groups excluding tert-OH is 1. The Labute approximate surface area is 111 Å². The first-order valence-electron chi connectivity index (χ1n) is 4.62. The van der Waals surface area contributed by atoms with Gasteiger partial charge in [-0.05, 0) is 12.1 Å². The Hall–Kier alpha value is -1.03. The first-order valence-corrected chi connectivity index (χ1v) is 6.90. The minimum atomic E-state index is -4.21. The minimum Gasteiger partial charge on any atom is -0.478 e. The van der Waals surface area contributed by atoms with Crippen LogP contribution < -0.4 is 4.72 Å². The number of rotatable bonds is 5. The van der Waals surface area contributed by atoms with E-state index in [1.807, 2.05) is 4.72 Å². The van der Waals surface area contributed by atoms with Gasteiger partial charge in [-0.1, -0.05) is 15.9 Å². The summed E-state index contributed by atoms with van der Waals surface area (Å²) in [6.45, 7) is -0.753. The number of halogens is 2. The lowest BCUT2D eigenvalue weighted by Gasteiger charge is -2.09. The van der Waals surface area contributed by atoms with Gasteiger partial charge in [-0.2, -0.15) is 0 Å². The summed E-state index contributed by atoms with van der Waals surface area (Å²) < 4.78 is 39.1. The normalized spacial score (nSPS) is 11.5. The summed E-state index contributed by atoms with van der Waals surface area (Å²) in [5.74, 6) is -2.93. The number of carbonyl (C=O) groups is 1. The van der Waals surface area contributed by atoms with Gasteiger partial charge < -0.3 is 10.2 Å². The van der Waals surface area contributed by atoms with Crippen molar-refractivity contribution < 1.29 is 27.8 Å². The standard InChI is InChI=1S/C9H9BrFNO5S/c10-5-3-6(9(14)15)8(11)7(4-5)18(16,17)12-1-2-13/h3-4,12-13H,1-2H2,(H,14,15). The van der Waals surface area contributed by atoms with Gasteiger partial charge in [0.2, 0.25) is 10.0 Å². The van der Waals surface area contributed by atoms with Crippen molar-refractivity contribution in [3.05, 3.63) is 28.0 Å². The van der Waals surface area contributed by atoms with Crippen LogP contribution in [0.15, 0.2) is 21.5 Å². The molecule has 0 bridgehead atoms. The third-order valence-electron chi connectivity index (χ3n) is 1.93. The number of nitrogens with one attached hydrogen (secondary N) is 1. The molecule has 0 aromatic heterocycles. The zero-order valence-corrected chi connectivity index (χ0v) is 11.3. The average Bonchev–Trinajstić information content (AvgIpc) is 2.28. The van der Waals surface area contributed by atoms with E-state index in [0.717, 1.165) is 12.1 Å². The Morgan fingerprint density at radius 3 is 2.56 bits per heavy atom. The van der Waals surface area contributed by atoms with Crippen molar-refractivity contribution in [1.29, 1.82) is 0 Å². The SMILES string of the molecule is O=C(O)c1cc(Br)cc(S(=O)(=O)NCCO)c1F. The van der Waals surface area contributed by atoms with Gasteiger partial charge in [0.05, 0.1) is 12.2 Å². The largest absolute Gasteiger partial charge is 0.478 e. The van der Waals surface area contributed by atoms with Gasteiger partial charge in [-0.3, -0.25) is 0 Å². The summed E-state index contributed by atoms with van der Waals surface area (Å²) in [6, 6.07) is 1.91. The fraction of sp³-hybridized carbons (Fsp3) is 0.222. The van der Waals surface area contributed by atoms with Crippen molar-refractivity contribution in [2.75, 3.05) is 13.2 Å². The molecule has 0 aliphatic heterocycles. The maximum atomic E-state index is 13.7. The lowest BCUT2D eigenvalue weighted by molar-refractivity contribution is 0.0691. The molecule has 0 unspecified atom stereocenters. The predicted molar refractivity (Wildman–Crippen MR) is 63.3 cm³/mol. The summed E-state index contributed by atoms with van der Waals surface area (Å²) in [6.07, 6.45) is 0. The Balaban J connectivity index is 3.37. The first kappa shape index (κ1) is 15.0. The Morgan fingerprint density at radius 1 is 1.44 bits per heavy atom. The van der Waals surface area contributed by atoms with Gasteiger partial charge in [-0.25, -0.2) is 22.3 Å². The molecular weight excluding hydrogens is 333 g/mol. The fourth-order valence-electron chi connectivity index (χ4n) is 1.17. The third kappa shape index (κ3) is 3.25. The number of sulfonamides is 1. The Bertz CT molecular complexity index is 575. The highest BCUT2D eigenvalue weighted by Crippen LogP contribution is 2.24. The van der Waals surface area contributed by atoms with Gasteiger partial charge in [0, 0.05) is 11.0 Å². The second kappa shape index (κ2) is 5.74. The molecule has 0 spiro atoms. The average molecular weight is 342 g/mol. The van der Waals surface area contributed by atoms with Crippen LogP contribution in [0.4, 0.5) is 4.39 Å². The first-order chi connectivity index (χ1) is 8.29. The van der Waals surface area contributed by atoms with Crippen molar-refractivity contribution >= 4 is 31.9 Å². The molecule has 18 heavy (non-hydrogen) atoms. The number of carboxylic acids is 1. The van der Waals surface area contributed by atoms with E-state index in [9.17, 15) is 17.6 Å². The molecule has 0 heterocycles. The van der Waals surface area contributed by atoms with E-state index in [2.05, 4.69) is 15.9 Å². The molecule has 0 saturated carbocycles. The topological polar surface area (TPSA) is 104 Å². The second-order valence-corrected chi connectivity index (χ2v) is 5.84. The molecule has 0 fully saturated rings. The molecule has 0 amide bonds. The smallest absolute Gasteiger partial charge is 0.338 e. The molecule has 100 valence electrons. The van der Waals surface area contributed by atoms with Crippen molar-refractivity contribution in [2.45, 2.75) is 4.90 Å². The van der Waals surface area contributed by atoms with Crippen molar-refractivity contribution in [1.82, 2.24) is 4.72 Å². The van der Waals surface area contributed by atoms with Crippen LogP contribution in [0, 0.1) is 5.82 Å². The van der Waals surface area contributed by atoms with Crippen LogP contribution in [0.1, 0.15) is 10.4 Å². The number of aliphatic hydroxyl groups is 1. The van der Waals surface area contributed by atoms with Crippen molar-refractivity contribution in [2.24, 2.45) is 0 Å². The van der Waals surface area contributed by atoms with Gasteiger partial charge in [0.1, 0.15) is 4.90 Å². The van der Waals surface area contributed by atoms with E-state index in [1.165, 1.54) is 0 Å². The van der Waals surface area contributed by atoms with Crippen LogP contribution in [0.2, 0.25) is 0 Å². The molecular formula is C9H9BrFNO5S. The molecule has 0 radical (unpaired) electrons. The van der Waals surface area contributed by atoms with Crippen LogP contribution in [-0.4, -0.2) is 37.8 Å². The Morgan fingerprint density at radius 2 is 2.06 bits per heavy atom. The molecule has 0 saturated heterocycles. The summed E-state index contributed by atoms with van der Waals surface area (Å²) >= 11 is 2.90. The zero-order chi connectivity index (χ0) is 13.9. The number of hydrogen-bond acceptors (Lipinski definition) is 4.